The first-order valence-corrected chi connectivity index (χ1v) is 6.28. The first-order valence-electron chi connectivity index (χ1n) is 6.28. The van der Waals surface area contributed by atoms with Crippen LogP contribution in [0.4, 0.5) is 0 Å². The van der Waals surface area contributed by atoms with Crippen molar-refractivity contribution in [3.05, 3.63) is 71.3 Å². The molecule has 4 nitrogen and oxygen atoms in total. The molecule has 0 spiro atoms. The molecular formula is C16H10O4. The number of carbonyl (C=O) groups excluding carboxylic acids is 1. The van der Waals surface area contributed by atoms with Crippen molar-refractivity contribution in [3.8, 4) is 0 Å². The molecule has 4 heteroatoms. The van der Waals surface area contributed by atoms with Crippen molar-refractivity contribution < 1.29 is 19.4 Å². The Balaban J connectivity index is 2.02. The van der Waals surface area contributed by atoms with E-state index in [0.717, 1.165) is 0 Å². The molecule has 0 unspecified atom stereocenters. The third-order valence-corrected chi connectivity index (χ3v) is 4.11. The number of fused-ring (bicyclic) bond motifs is 3. The van der Waals surface area contributed by atoms with Gasteiger partial charge >= 0.3 is 5.97 Å². The second-order valence-corrected chi connectivity index (χ2v) is 5.01. The van der Waals surface area contributed by atoms with Crippen LogP contribution in [0.1, 0.15) is 21.5 Å². The molecule has 0 amide bonds. The van der Waals surface area contributed by atoms with Gasteiger partial charge in [-0.15, -0.1) is 0 Å². The molecule has 2 atom stereocenters. The van der Waals surface area contributed by atoms with Gasteiger partial charge in [0.15, 0.2) is 0 Å². The lowest BCUT2D eigenvalue weighted by Crippen LogP contribution is -2.29. The summed E-state index contributed by atoms with van der Waals surface area (Å²) in [6, 6.07) is 15.6. The van der Waals surface area contributed by atoms with Gasteiger partial charge in [0.25, 0.3) is 0 Å². The molecule has 0 bridgehead atoms. The van der Waals surface area contributed by atoms with Gasteiger partial charge in [-0.3, -0.25) is 4.79 Å². The maximum atomic E-state index is 12.7. The highest BCUT2D eigenvalue weighted by atomic mass is 16.7. The van der Waals surface area contributed by atoms with Crippen LogP contribution in [0.5, 0.6) is 0 Å². The van der Waals surface area contributed by atoms with Crippen molar-refractivity contribution in [2.75, 3.05) is 0 Å². The Morgan fingerprint density at radius 3 is 2.35 bits per heavy atom. The molecule has 20 heavy (non-hydrogen) atoms. The summed E-state index contributed by atoms with van der Waals surface area (Å²) in [6.07, 6.45) is 0. The minimum Gasteiger partial charge on any atom is -0.479 e. The minimum absolute atomic E-state index is 0.276. The first kappa shape index (κ1) is 11.4. The maximum Gasteiger partial charge on any atom is 0.344 e. The lowest BCUT2D eigenvalue weighted by Gasteiger charge is -2.08. The van der Waals surface area contributed by atoms with Crippen LogP contribution in [0.3, 0.4) is 0 Å². The number of rotatable bonds is 2. The smallest absolute Gasteiger partial charge is 0.344 e. The number of hydrogen-bond donors (Lipinski definition) is 1. The molecule has 0 saturated carbocycles. The lowest BCUT2D eigenvalue weighted by molar-refractivity contribution is -0.143. The average molecular weight is 266 g/mol. The Labute approximate surface area is 114 Å². The molecule has 2 aromatic rings. The predicted octanol–water partition coefficient (Wildman–Crippen LogP) is 2.09. The monoisotopic (exact) mass is 266 g/mol. The van der Waals surface area contributed by atoms with Crippen molar-refractivity contribution in [2.24, 2.45) is 0 Å². The molecule has 1 aliphatic carbocycles. The fourth-order valence-corrected chi connectivity index (χ4v) is 3.21. The molecule has 1 saturated heterocycles. The van der Waals surface area contributed by atoms with Gasteiger partial charge in [-0.2, -0.15) is 0 Å². The summed E-state index contributed by atoms with van der Waals surface area (Å²) in [5, 5.41) is 9.63. The molecular weight excluding hydrogens is 256 g/mol. The molecule has 1 aliphatic heterocycles. The van der Waals surface area contributed by atoms with E-state index >= 15 is 0 Å². The Bertz CT molecular complexity index is 752. The number of epoxide rings is 1. The minimum atomic E-state index is -1.57. The van der Waals surface area contributed by atoms with E-state index in [4.69, 9.17) is 4.74 Å². The molecule has 2 aliphatic rings. The summed E-state index contributed by atoms with van der Waals surface area (Å²) in [5.41, 5.74) is -1.50. The Hall–Kier alpha value is -2.46. The summed E-state index contributed by atoms with van der Waals surface area (Å²) in [5.74, 6) is -1.40. The summed E-state index contributed by atoms with van der Waals surface area (Å²) >= 11 is 0. The van der Waals surface area contributed by atoms with Crippen LogP contribution in [0, 0.1) is 0 Å². The Kier molecular flexibility index (Phi) is 1.90. The number of aliphatic carboxylic acids is 1. The molecule has 2 aromatic carbocycles. The highest BCUT2D eigenvalue weighted by Crippen LogP contribution is 2.68. The predicted molar refractivity (Wildman–Crippen MR) is 69.3 cm³/mol. The van der Waals surface area contributed by atoms with E-state index in [1.54, 1.807) is 48.5 Å². The van der Waals surface area contributed by atoms with Crippen molar-refractivity contribution in [1.29, 1.82) is 0 Å². The van der Waals surface area contributed by atoms with E-state index in [-0.39, 0.29) is 5.78 Å². The second kappa shape index (κ2) is 3.35. The molecule has 0 aromatic heterocycles. The van der Waals surface area contributed by atoms with Crippen LogP contribution in [0.15, 0.2) is 54.6 Å². The number of carboxylic acid groups (broad SMARTS) is 1. The zero-order valence-electron chi connectivity index (χ0n) is 10.4. The van der Waals surface area contributed by atoms with Crippen molar-refractivity contribution in [3.63, 3.8) is 0 Å². The number of Topliss-reactive ketones (excluding diaryl/α,β-unsaturated/α-hetero) is 1. The zero-order valence-corrected chi connectivity index (χ0v) is 10.4. The van der Waals surface area contributed by atoms with E-state index in [1.807, 2.05) is 6.07 Å². The Morgan fingerprint density at radius 2 is 1.65 bits per heavy atom. The zero-order chi connectivity index (χ0) is 14.0. The van der Waals surface area contributed by atoms with Crippen LogP contribution >= 0.6 is 0 Å². The fourth-order valence-electron chi connectivity index (χ4n) is 3.21. The third-order valence-electron chi connectivity index (χ3n) is 4.11. The van der Waals surface area contributed by atoms with E-state index in [2.05, 4.69) is 0 Å². The number of carboxylic acids is 1. The van der Waals surface area contributed by atoms with E-state index in [1.165, 1.54) is 0 Å². The normalized spacial score (nSPS) is 29.7. The van der Waals surface area contributed by atoms with Crippen LogP contribution in [0.25, 0.3) is 0 Å². The molecule has 1 fully saturated rings. The van der Waals surface area contributed by atoms with Crippen LogP contribution < -0.4 is 0 Å². The molecule has 0 radical (unpaired) electrons. The number of ketones is 1. The largest absolute Gasteiger partial charge is 0.479 e. The Morgan fingerprint density at radius 1 is 1.00 bits per heavy atom. The average Bonchev–Trinajstić information content (AvgIpc) is 3.15. The SMILES string of the molecule is O=C1c2ccccc2[C@]2(C(=O)O)O[C@@]12c1ccccc1. The molecule has 1 heterocycles. The van der Waals surface area contributed by atoms with Crippen molar-refractivity contribution in [2.45, 2.75) is 11.2 Å². The van der Waals surface area contributed by atoms with Gasteiger partial charge in [0.1, 0.15) is 0 Å². The maximum absolute atomic E-state index is 12.7. The van der Waals surface area contributed by atoms with Gasteiger partial charge in [-0.25, -0.2) is 4.79 Å². The lowest BCUT2D eigenvalue weighted by atomic mass is 9.86. The highest BCUT2D eigenvalue weighted by Gasteiger charge is 2.85. The van der Waals surface area contributed by atoms with E-state index in [9.17, 15) is 14.7 Å². The van der Waals surface area contributed by atoms with E-state index < -0.39 is 17.2 Å². The van der Waals surface area contributed by atoms with E-state index in [0.29, 0.717) is 16.7 Å². The first-order chi connectivity index (χ1) is 9.64. The van der Waals surface area contributed by atoms with Crippen LogP contribution in [-0.4, -0.2) is 16.9 Å². The van der Waals surface area contributed by atoms with Gasteiger partial charge in [0.2, 0.25) is 17.0 Å². The summed E-state index contributed by atoms with van der Waals surface area (Å²) in [7, 11) is 0. The standard InChI is InChI=1S/C16H10O4/c17-13-11-8-4-5-9-12(11)16(14(18)19)15(13,20-16)10-6-2-1-3-7-10/h1-9H,(H,18,19)/t15-,16+/m0/s1. The number of carbonyl (C=O) groups is 2. The molecule has 98 valence electrons. The molecule has 4 rings (SSSR count). The summed E-state index contributed by atoms with van der Waals surface area (Å²) in [6.45, 7) is 0. The van der Waals surface area contributed by atoms with Crippen molar-refractivity contribution >= 4 is 11.8 Å². The van der Waals surface area contributed by atoms with Gasteiger partial charge in [-0.1, -0.05) is 54.6 Å². The number of ether oxygens (including phenoxy) is 1. The number of hydrogen-bond acceptors (Lipinski definition) is 3. The highest BCUT2D eigenvalue weighted by molar-refractivity contribution is 6.17. The van der Waals surface area contributed by atoms with Crippen molar-refractivity contribution in [1.82, 2.24) is 0 Å². The summed E-state index contributed by atoms with van der Waals surface area (Å²) < 4.78 is 5.57. The topological polar surface area (TPSA) is 66.9 Å². The van der Waals surface area contributed by atoms with Gasteiger partial charge in [0.05, 0.1) is 0 Å². The molecule has 1 N–H and O–H groups in total. The van der Waals surface area contributed by atoms with Crippen LogP contribution in [0.2, 0.25) is 0 Å². The van der Waals surface area contributed by atoms with Gasteiger partial charge < -0.3 is 9.84 Å². The van der Waals surface area contributed by atoms with Crippen LogP contribution in [-0.2, 0) is 20.7 Å². The van der Waals surface area contributed by atoms with Gasteiger partial charge in [0, 0.05) is 11.1 Å². The third kappa shape index (κ3) is 0.992. The quantitative estimate of drug-likeness (QED) is 0.845. The second-order valence-electron chi connectivity index (χ2n) is 5.01. The fraction of sp³-hybridized carbons (Fsp3) is 0.125. The number of benzene rings is 2. The summed E-state index contributed by atoms with van der Waals surface area (Å²) in [4.78, 5) is 24.5. The van der Waals surface area contributed by atoms with Gasteiger partial charge in [-0.05, 0) is 5.56 Å².